The maximum atomic E-state index is 2.50. The highest BCUT2D eigenvalue weighted by molar-refractivity contribution is 7.27. The Kier molecular flexibility index (Phi) is 6.84. The molecule has 3 aromatic heterocycles. The van der Waals surface area contributed by atoms with Gasteiger partial charge in [0.1, 0.15) is 0 Å². The van der Waals surface area contributed by atoms with Crippen LogP contribution in [0.3, 0.4) is 0 Å². The summed E-state index contributed by atoms with van der Waals surface area (Å²) < 4.78 is 7.85. The first kappa shape index (κ1) is 29.9. The summed E-state index contributed by atoms with van der Waals surface area (Å²) in [6, 6.07) is 64.9. The molecule has 0 N–H and O–H groups in total. The molecule has 0 radical (unpaired) electrons. The van der Waals surface area contributed by atoms with Crippen LogP contribution in [-0.2, 0) is 0 Å². The van der Waals surface area contributed by atoms with Gasteiger partial charge in [-0.2, -0.15) is 0 Å². The third-order valence-electron chi connectivity index (χ3n) is 10.3. The van der Waals surface area contributed by atoms with Crippen LogP contribution in [0.5, 0.6) is 0 Å². The molecule has 0 amide bonds. The predicted octanol–water partition coefficient (Wildman–Crippen LogP) is 15.6. The molecule has 1 nitrogen and oxygen atoms in total. The molecule has 244 valence electrons. The van der Waals surface area contributed by atoms with Crippen LogP contribution in [0, 0.1) is 0 Å². The predicted molar refractivity (Wildman–Crippen MR) is 231 cm³/mol. The van der Waals surface area contributed by atoms with E-state index in [9.17, 15) is 0 Å². The lowest BCUT2D eigenvalue weighted by atomic mass is 10.00. The van der Waals surface area contributed by atoms with Gasteiger partial charge in [-0.05, 0) is 82.9 Å². The summed E-state index contributed by atoms with van der Waals surface area (Å²) in [6.07, 6.45) is 0. The minimum atomic E-state index is 1.15. The van der Waals surface area contributed by atoms with Gasteiger partial charge in [-0.3, -0.25) is 0 Å². The Morgan fingerprint density at radius 1 is 0.327 bits per heavy atom. The molecule has 52 heavy (non-hydrogen) atoms. The van der Waals surface area contributed by atoms with E-state index in [1.165, 1.54) is 88.5 Å². The zero-order chi connectivity index (χ0) is 34.2. The van der Waals surface area contributed by atoms with Crippen molar-refractivity contribution in [2.24, 2.45) is 0 Å². The summed E-state index contributed by atoms with van der Waals surface area (Å²) in [5, 5.41) is 7.77. The highest BCUT2D eigenvalue weighted by Crippen LogP contribution is 2.50. The van der Waals surface area contributed by atoms with Gasteiger partial charge in [-0.1, -0.05) is 115 Å². The lowest BCUT2D eigenvalue weighted by Gasteiger charge is -2.27. The summed E-state index contributed by atoms with van der Waals surface area (Å²) in [5.74, 6) is 0. The van der Waals surface area contributed by atoms with E-state index in [4.69, 9.17) is 0 Å². The van der Waals surface area contributed by atoms with Gasteiger partial charge in [-0.15, -0.1) is 34.0 Å². The Morgan fingerprint density at radius 3 is 1.60 bits per heavy atom. The van der Waals surface area contributed by atoms with Crippen molar-refractivity contribution in [3.05, 3.63) is 176 Å². The van der Waals surface area contributed by atoms with Crippen molar-refractivity contribution in [2.75, 3.05) is 4.90 Å². The third-order valence-corrected chi connectivity index (χ3v) is 13.8. The van der Waals surface area contributed by atoms with E-state index in [1.54, 1.807) is 0 Å². The number of fused-ring (bicyclic) bond motifs is 9. The van der Waals surface area contributed by atoms with E-state index < -0.39 is 0 Å². The molecule has 0 unspecified atom stereocenters. The van der Waals surface area contributed by atoms with Crippen molar-refractivity contribution >= 4 is 112 Å². The Hall–Kier alpha value is -5.78. The van der Waals surface area contributed by atoms with Crippen molar-refractivity contribution in [3.8, 4) is 22.3 Å². The number of hydrogen-bond donors (Lipinski definition) is 0. The summed E-state index contributed by atoms with van der Waals surface area (Å²) >= 11 is 5.64. The number of thiophene rings is 3. The van der Waals surface area contributed by atoms with Crippen LogP contribution in [0.25, 0.3) is 82.8 Å². The molecule has 8 aromatic carbocycles. The number of hydrogen-bond acceptors (Lipinski definition) is 4. The molecule has 4 heteroatoms. The molecule has 11 rings (SSSR count). The van der Waals surface area contributed by atoms with Gasteiger partial charge >= 0.3 is 0 Å². The Bertz CT molecular complexity index is 3130. The molecular formula is C48H29NS3. The highest BCUT2D eigenvalue weighted by Gasteiger charge is 2.22. The van der Waals surface area contributed by atoms with Crippen molar-refractivity contribution in [1.82, 2.24) is 0 Å². The van der Waals surface area contributed by atoms with Crippen LogP contribution >= 0.6 is 34.0 Å². The summed E-state index contributed by atoms with van der Waals surface area (Å²) in [4.78, 5) is 2.50. The second-order valence-electron chi connectivity index (χ2n) is 13.3. The van der Waals surface area contributed by atoms with Gasteiger partial charge in [0, 0.05) is 71.9 Å². The first-order valence-corrected chi connectivity index (χ1v) is 19.9. The smallest absolute Gasteiger partial charge is 0.0555 e. The Balaban J connectivity index is 1.18. The SMILES string of the molecule is c1ccc(-c2ccc3c(c2)sc2ccc(N(c4ccc5sc6ccccc6c5c4)c4ccc(-c5ccccc5)c5sc6ccccc6c45)cc23)cc1. The maximum absolute atomic E-state index is 2.50. The molecule has 11 aromatic rings. The zero-order valence-electron chi connectivity index (χ0n) is 27.9. The maximum Gasteiger partial charge on any atom is 0.0555 e. The highest BCUT2D eigenvalue weighted by atomic mass is 32.1. The zero-order valence-corrected chi connectivity index (χ0v) is 30.4. The number of anilines is 3. The Morgan fingerprint density at radius 2 is 0.885 bits per heavy atom. The number of nitrogens with zero attached hydrogens (tertiary/aromatic N) is 1. The minimum Gasteiger partial charge on any atom is -0.310 e. The molecule has 0 aliphatic rings. The van der Waals surface area contributed by atoms with Gasteiger partial charge < -0.3 is 4.90 Å². The largest absolute Gasteiger partial charge is 0.310 e. The second kappa shape index (κ2) is 11.9. The monoisotopic (exact) mass is 715 g/mol. The van der Waals surface area contributed by atoms with E-state index >= 15 is 0 Å². The van der Waals surface area contributed by atoms with Crippen molar-refractivity contribution in [1.29, 1.82) is 0 Å². The van der Waals surface area contributed by atoms with Crippen molar-refractivity contribution in [2.45, 2.75) is 0 Å². The fourth-order valence-electron chi connectivity index (χ4n) is 7.84. The number of rotatable bonds is 5. The third kappa shape index (κ3) is 4.72. The van der Waals surface area contributed by atoms with Gasteiger partial charge in [0.05, 0.1) is 5.69 Å². The first-order chi connectivity index (χ1) is 25.8. The van der Waals surface area contributed by atoms with Crippen molar-refractivity contribution < 1.29 is 0 Å². The van der Waals surface area contributed by atoms with Crippen LogP contribution in [0.1, 0.15) is 0 Å². The van der Waals surface area contributed by atoms with Gasteiger partial charge in [0.15, 0.2) is 0 Å². The summed E-state index contributed by atoms with van der Waals surface area (Å²) in [5.41, 5.74) is 8.51. The summed E-state index contributed by atoms with van der Waals surface area (Å²) in [6.45, 7) is 0. The molecule has 0 aliphatic heterocycles. The van der Waals surface area contributed by atoms with Gasteiger partial charge in [-0.25, -0.2) is 0 Å². The second-order valence-corrected chi connectivity index (χ2v) is 16.5. The normalized spacial score (nSPS) is 11.8. The topological polar surface area (TPSA) is 3.24 Å². The Labute approximate surface area is 312 Å². The van der Waals surface area contributed by atoms with Gasteiger partial charge in [0.25, 0.3) is 0 Å². The van der Waals surface area contributed by atoms with E-state index in [-0.39, 0.29) is 0 Å². The standard InChI is InChI=1S/C48H29NS3/c1-3-11-30(12-4-1)32-19-22-37-40-29-34(21-26-45(40)51-46(37)27-32)49(33-20-25-44-39(28-33)36-15-7-9-17-42(36)50-44)41-24-23-35(31-13-5-2-6-14-31)48-47(41)38-16-8-10-18-43(38)52-48/h1-29H. The molecule has 0 bridgehead atoms. The van der Waals surface area contributed by atoms with E-state index in [2.05, 4.69) is 181 Å². The van der Waals surface area contributed by atoms with E-state index in [1.807, 2.05) is 34.0 Å². The minimum absolute atomic E-state index is 1.15. The average Bonchev–Trinajstić information content (AvgIpc) is 3.90. The quantitative estimate of drug-likeness (QED) is 0.171. The van der Waals surface area contributed by atoms with E-state index in [0.717, 1.165) is 11.4 Å². The van der Waals surface area contributed by atoms with Crippen LogP contribution in [0.4, 0.5) is 17.1 Å². The summed E-state index contributed by atoms with van der Waals surface area (Å²) in [7, 11) is 0. The van der Waals surface area contributed by atoms with Gasteiger partial charge in [0.2, 0.25) is 0 Å². The van der Waals surface area contributed by atoms with Crippen LogP contribution in [-0.4, -0.2) is 0 Å². The fraction of sp³-hybridized carbons (Fsp3) is 0. The first-order valence-electron chi connectivity index (χ1n) is 17.5. The molecule has 0 spiro atoms. The van der Waals surface area contributed by atoms with Crippen LogP contribution < -0.4 is 4.90 Å². The molecule has 3 heterocycles. The molecule has 0 aliphatic carbocycles. The van der Waals surface area contributed by atoms with Crippen molar-refractivity contribution in [3.63, 3.8) is 0 Å². The fourth-order valence-corrected chi connectivity index (χ4v) is 11.3. The molecule has 0 saturated heterocycles. The lowest BCUT2D eigenvalue weighted by molar-refractivity contribution is 1.31. The van der Waals surface area contributed by atoms with E-state index in [0.29, 0.717) is 0 Å². The lowest BCUT2D eigenvalue weighted by Crippen LogP contribution is -2.10. The molecule has 0 saturated carbocycles. The molecule has 0 atom stereocenters. The van der Waals surface area contributed by atoms with Crippen LogP contribution in [0.15, 0.2) is 176 Å². The average molecular weight is 716 g/mol. The molecular weight excluding hydrogens is 687 g/mol. The van der Waals surface area contributed by atoms with Crippen LogP contribution in [0.2, 0.25) is 0 Å². The number of benzene rings is 8. The molecule has 0 fully saturated rings.